The van der Waals surface area contributed by atoms with Crippen LogP contribution in [0.1, 0.15) is 12.0 Å². The van der Waals surface area contributed by atoms with Crippen LogP contribution in [0.4, 0.5) is 0 Å². The molecule has 0 spiro atoms. The summed E-state index contributed by atoms with van der Waals surface area (Å²) in [5.74, 6) is 0. The van der Waals surface area contributed by atoms with Crippen LogP contribution in [0, 0.1) is 11.3 Å². The van der Waals surface area contributed by atoms with E-state index in [9.17, 15) is 8.42 Å². The molecule has 1 rings (SSSR count). The molecule has 0 aliphatic rings. The molecule has 4 heteroatoms. The van der Waals surface area contributed by atoms with E-state index >= 15 is 0 Å². The Morgan fingerprint density at radius 3 is 2.50 bits per heavy atom. The topological polar surface area (TPSA) is 57.9 Å². The third kappa shape index (κ3) is 3.87. The van der Waals surface area contributed by atoms with Crippen molar-refractivity contribution in [3.63, 3.8) is 0 Å². The fourth-order valence-corrected chi connectivity index (χ4v) is 1.87. The summed E-state index contributed by atoms with van der Waals surface area (Å²) < 4.78 is 22.3. The third-order valence-electron chi connectivity index (χ3n) is 2.12. The molecule has 0 bridgehead atoms. The van der Waals surface area contributed by atoms with Gasteiger partial charge in [-0.15, -0.1) is 0 Å². The number of rotatable bonds is 4. The number of hydrogen-bond acceptors (Lipinski definition) is 3. The van der Waals surface area contributed by atoms with Gasteiger partial charge >= 0.3 is 0 Å². The molecule has 16 heavy (non-hydrogen) atoms. The smallest absolute Gasteiger partial charge is 0.163 e. The van der Waals surface area contributed by atoms with E-state index in [0.29, 0.717) is 0 Å². The van der Waals surface area contributed by atoms with Crippen molar-refractivity contribution in [2.24, 2.45) is 0 Å². The second-order valence-electron chi connectivity index (χ2n) is 3.50. The predicted molar refractivity (Wildman–Crippen MR) is 64.3 cm³/mol. The van der Waals surface area contributed by atoms with E-state index in [1.807, 2.05) is 36.4 Å². The Morgan fingerprint density at radius 2 is 2.00 bits per heavy atom. The van der Waals surface area contributed by atoms with Gasteiger partial charge in [-0.1, -0.05) is 42.5 Å². The van der Waals surface area contributed by atoms with E-state index in [2.05, 4.69) is 0 Å². The summed E-state index contributed by atoms with van der Waals surface area (Å²) >= 11 is 0. The molecule has 0 aliphatic carbocycles. The highest BCUT2D eigenvalue weighted by molar-refractivity contribution is 7.91. The van der Waals surface area contributed by atoms with Crippen LogP contribution in [0.15, 0.2) is 36.4 Å². The van der Waals surface area contributed by atoms with Gasteiger partial charge in [0.25, 0.3) is 0 Å². The lowest BCUT2D eigenvalue weighted by Crippen LogP contribution is -2.16. The van der Waals surface area contributed by atoms with Gasteiger partial charge in [0.1, 0.15) is 0 Å². The quantitative estimate of drug-likeness (QED) is 0.802. The highest BCUT2D eigenvalue weighted by atomic mass is 32.2. The lowest BCUT2D eigenvalue weighted by atomic mass is 10.2. The highest BCUT2D eigenvalue weighted by Crippen LogP contribution is 2.07. The van der Waals surface area contributed by atoms with Crippen molar-refractivity contribution in [3.8, 4) is 6.07 Å². The van der Waals surface area contributed by atoms with Crippen LogP contribution in [0.5, 0.6) is 0 Å². The molecule has 0 fully saturated rings. The van der Waals surface area contributed by atoms with Crippen LogP contribution < -0.4 is 0 Å². The Balaban J connectivity index is 2.65. The van der Waals surface area contributed by atoms with Gasteiger partial charge in [0.15, 0.2) is 15.1 Å². The van der Waals surface area contributed by atoms with Gasteiger partial charge in [-0.3, -0.25) is 0 Å². The maximum absolute atomic E-state index is 11.1. The van der Waals surface area contributed by atoms with Crippen LogP contribution in [-0.4, -0.2) is 19.9 Å². The summed E-state index contributed by atoms with van der Waals surface area (Å²) in [6, 6.07) is 11.3. The summed E-state index contributed by atoms with van der Waals surface area (Å²) in [7, 11) is -3.28. The fourth-order valence-electron chi connectivity index (χ4n) is 1.22. The number of hydrogen-bond donors (Lipinski definition) is 0. The number of nitrogens with zero attached hydrogens (tertiary/aromatic N) is 1. The minimum absolute atomic E-state index is 0.226. The van der Waals surface area contributed by atoms with E-state index < -0.39 is 15.1 Å². The average molecular weight is 235 g/mol. The van der Waals surface area contributed by atoms with Crippen molar-refractivity contribution in [2.75, 3.05) is 6.26 Å². The number of allylic oxidation sites excluding steroid dienone is 1. The van der Waals surface area contributed by atoms with Crippen molar-refractivity contribution in [1.29, 1.82) is 5.26 Å². The van der Waals surface area contributed by atoms with E-state index in [4.69, 9.17) is 5.26 Å². The van der Waals surface area contributed by atoms with Gasteiger partial charge in [0.2, 0.25) is 0 Å². The maximum atomic E-state index is 11.1. The Kier molecular flexibility index (Phi) is 4.27. The summed E-state index contributed by atoms with van der Waals surface area (Å²) in [6.45, 7) is 0. The van der Waals surface area contributed by atoms with Crippen molar-refractivity contribution >= 4 is 15.9 Å². The summed E-state index contributed by atoms with van der Waals surface area (Å²) in [5.41, 5.74) is 0.993. The number of nitriles is 1. The monoisotopic (exact) mass is 235 g/mol. The summed E-state index contributed by atoms with van der Waals surface area (Å²) in [6.07, 6.45) is 4.83. The van der Waals surface area contributed by atoms with Crippen molar-refractivity contribution in [2.45, 2.75) is 11.7 Å². The Hall–Kier alpha value is -1.60. The summed E-state index contributed by atoms with van der Waals surface area (Å²) in [4.78, 5) is 0. The lowest BCUT2D eigenvalue weighted by molar-refractivity contribution is 0.595. The Labute approximate surface area is 95.9 Å². The molecule has 84 valence electrons. The van der Waals surface area contributed by atoms with Crippen molar-refractivity contribution < 1.29 is 8.42 Å². The van der Waals surface area contributed by atoms with Crippen molar-refractivity contribution in [3.05, 3.63) is 42.0 Å². The second kappa shape index (κ2) is 5.47. The number of benzene rings is 1. The Bertz CT molecular complexity index is 498. The van der Waals surface area contributed by atoms with Gasteiger partial charge < -0.3 is 0 Å². The molecule has 0 amide bonds. The molecule has 0 aliphatic heterocycles. The molecule has 1 aromatic rings. The second-order valence-corrected chi connectivity index (χ2v) is 5.72. The van der Waals surface area contributed by atoms with E-state index in [0.717, 1.165) is 11.8 Å². The molecule has 0 saturated carbocycles. The Morgan fingerprint density at radius 1 is 1.38 bits per heavy atom. The minimum Gasteiger partial charge on any atom is -0.228 e. The standard InChI is InChI=1S/C12H13NO2S/c1-16(14,15)12(10-13)9-5-8-11-6-3-2-4-7-11/h2-8,12H,9H2,1H3/b8-5+. The zero-order chi connectivity index (χ0) is 12.0. The zero-order valence-electron chi connectivity index (χ0n) is 9.00. The van der Waals surface area contributed by atoms with Gasteiger partial charge in [-0.2, -0.15) is 5.26 Å². The largest absolute Gasteiger partial charge is 0.228 e. The van der Waals surface area contributed by atoms with E-state index in [1.165, 1.54) is 0 Å². The molecule has 0 heterocycles. The molecule has 1 atom stereocenters. The van der Waals surface area contributed by atoms with Gasteiger partial charge in [0.05, 0.1) is 6.07 Å². The molecule has 1 aromatic carbocycles. The fraction of sp³-hybridized carbons (Fsp3) is 0.250. The van der Waals surface area contributed by atoms with Gasteiger partial charge in [-0.25, -0.2) is 8.42 Å². The zero-order valence-corrected chi connectivity index (χ0v) is 9.81. The van der Waals surface area contributed by atoms with E-state index in [-0.39, 0.29) is 6.42 Å². The average Bonchev–Trinajstić information content (AvgIpc) is 2.24. The van der Waals surface area contributed by atoms with Crippen molar-refractivity contribution in [1.82, 2.24) is 0 Å². The molecule has 0 N–H and O–H groups in total. The minimum atomic E-state index is -3.28. The van der Waals surface area contributed by atoms with Crippen LogP contribution >= 0.6 is 0 Å². The lowest BCUT2D eigenvalue weighted by Gasteiger charge is -2.01. The first-order valence-corrected chi connectivity index (χ1v) is 6.79. The molecule has 3 nitrogen and oxygen atoms in total. The van der Waals surface area contributed by atoms with Crippen LogP contribution in [0.2, 0.25) is 0 Å². The van der Waals surface area contributed by atoms with Crippen LogP contribution in [-0.2, 0) is 9.84 Å². The molecule has 0 aromatic heterocycles. The highest BCUT2D eigenvalue weighted by Gasteiger charge is 2.17. The van der Waals surface area contributed by atoms with Crippen LogP contribution in [0.25, 0.3) is 6.08 Å². The molecule has 1 unspecified atom stereocenters. The normalized spacial score (nSPS) is 13.5. The van der Waals surface area contributed by atoms with Crippen LogP contribution in [0.3, 0.4) is 0 Å². The van der Waals surface area contributed by atoms with Gasteiger partial charge in [0, 0.05) is 6.26 Å². The molecular weight excluding hydrogens is 222 g/mol. The first-order valence-electron chi connectivity index (χ1n) is 4.84. The molecular formula is C12H13NO2S. The summed E-state index contributed by atoms with van der Waals surface area (Å²) in [5, 5.41) is 7.74. The van der Waals surface area contributed by atoms with E-state index in [1.54, 1.807) is 12.1 Å². The predicted octanol–water partition coefficient (Wildman–Crippen LogP) is 2.03. The molecule has 0 radical (unpaired) electrons. The first kappa shape index (κ1) is 12.5. The third-order valence-corrected chi connectivity index (χ3v) is 3.45. The first-order chi connectivity index (χ1) is 7.54. The molecule has 0 saturated heterocycles. The van der Waals surface area contributed by atoms with Gasteiger partial charge in [-0.05, 0) is 12.0 Å². The maximum Gasteiger partial charge on any atom is 0.163 e. The SMILES string of the molecule is CS(=O)(=O)C(C#N)C/C=C/c1ccccc1. The number of sulfone groups is 1.